The van der Waals surface area contributed by atoms with E-state index in [1.54, 1.807) is 0 Å². The highest BCUT2D eigenvalue weighted by atomic mass is 32.2. The van der Waals surface area contributed by atoms with Crippen molar-refractivity contribution in [3.05, 3.63) is 0 Å². The first-order valence-electron chi connectivity index (χ1n) is 5.29. The normalized spacial score (nSPS) is 19.7. The van der Waals surface area contributed by atoms with Crippen LogP contribution in [0.4, 0.5) is 0 Å². The minimum atomic E-state index is -3.04. The predicted octanol–water partition coefficient (Wildman–Crippen LogP) is -0.400. The average Bonchev–Trinajstić information content (AvgIpc) is 2.18. The first-order chi connectivity index (χ1) is 7.04. The molecule has 0 aromatic rings. The fourth-order valence-corrected chi connectivity index (χ4v) is 2.52. The van der Waals surface area contributed by atoms with Crippen molar-refractivity contribution in [1.82, 2.24) is 9.21 Å². The smallest absolute Gasteiger partial charge is 0.211 e. The number of ether oxygens (including phenoxy) is 1. The number of hydrogen-bond donors (Lipinski definition) is 0. The molecule has 1 heterocycles. The van der Waals surface area contributed by atoms with E-state index in [-0.39, 0.29) is 0 Å². The van der Waals surface area contributed by atoms with Gasteiger partial charge in [0.15, 0.2) is 0 Å². The van der Waals surface area contributed by atoms with Crippen molar-refractivity contribution in [3.63, 3.8) is 0 Å². The zero-order valence-corrected chi connectivity index (χ0v) is 10.3. The lowest BCUT2D eigenvalue weighted by atomic mass is 10.4. The van der Waals surface area contributed by atoms with E-state index in [0.717, 1.165) is 32.8 Å². The second-order valence-electron chi connectivity index (χ2n) is 3.71. The quantitative estimate of drug-likeness (QED) is 0.652. The van der Waals surface area contributed by atoms with Crippen molar-refractivity contribution >= 4 is 10.0 Å². The molecular weight excluding hydrogens is 216 g/mol. The summed E-state index contributed by atoms with van der Waals surface area (Å²) in [6, 6.07) is 0. The second-order valence-corrected chi connectivity index (χ2v) is 5.69. The van der Waals surface area contributed by atoms with Gasteiger partial charge in [-0.05, 0) is 0 Å². The van der Waals surface area contributed by atoms with E-state index in [0.29, 0.717) is 13.1 Å². The minimum absolute atomic E-state index is 0.545. The Kier molecular flexibility index (Phi) is 4.98. The van der Waals surface area contributed by atoms with E-state index in [1.165, 1.54) is 10.6 Å². The third kappa shape index (κ3) is 4.46. The second kappa shape index (κ2) is 5.79. The molecule has 0 radical (unpaired) electrons. The Balaban J connectivity index is 2.33. The van der Waals surface area contributed by atoms with Crippen LogP contribution < -0.4 is 0 Å². The molecule has 15 heavy (non-hydrogen) atoms. The summed E-state index contributed by atoms with van der Waals surface area (Å²) >= 11 is 0. The van der Waals surface area contributed by atoms with Gasteiger partial charge >= 0.3 is 0 Å². The van der Waals surface area contributed by atoms with Crippen LogP contribution in [0.2, 0.25) is 0 Å². The molecule has 90 valence electrons. The molecular formula is C9H20N2O3S. The summed E-state index contributed by atoms with van der Waals surface area (Å²) < 4.78 is 29.4. The summed E-state index contributed by atoms with van der Waals surface area (Å²) in [7, 11) is -3.04. The molecule has 0 amide bonds. The molecule has 1 aliphatic rings. The van der Waals surface area contributed by atoms with Crippen LogP contribution in [-0.2, 0) is 14.8 Å². The van der Waals surface area contributed by atoms with Crippen LogP contribution in [0.1, 0.15) is 6.92 Å². The van der Waals surface area contributed by atoms with Crippen LogP contribution in [0.25, 0.3) is 0 Å². The predicted molar refractivity (Wildman–Crippen MR) is 59.3 cm³/mol. The number of hydrogen-bond acceptors (Lipinski definition) is 4. The van der Waals surface area contributed by atoms with Crippen molar-refractivity contribution in [2.45, 2.75) is 6.92 Å². The number of likely N-dealkylation sites (N-methyl/N-ethyl adjacent to an activating group) is 1. The summed E-state index contributed by atoms with van der Waals surface area (Å²) in [5.74, 6) is 0. The lowest BCUT2D eigenvalue weighted by molar-refractivity contribution is 0.0364. The van der Waals surface area contributed by atoms with Crippen molar-refractivity contribution in [2.24, 2.45) is 0 Å². The summed E-state index contributed by atoms with van der Waals surface area (Å²) in [6.07, 6.45) is 1.26. The number of morpholine rings is 1. The van der Waals surface area contributed by atoms with Gasteiger partial charge in [-0.15, -0.1) is 0 Å². The first kappa shape index (κ1) is 12.9. The van der Waals surface area contributed by atoms with E-state index >= 15 is 0 Å². The third-order valence-corrected chi connectivity index (χ3v) is 3.97. The van der Waals surface area contributed by atoms with Crippen LogP contribution in [0.5, 0.6) is 0 Å². The number of sulfonamides is 1. The SMILES string of the molecule is CCN(CCN1CCOCC1)S(C)(=O)=O. The van der Waals surface area contributed by atoms with Crippen molar-refractivity contribution in [3.8, 4) is 0 Å². The van der Waals surface area contributed by atoms with E-state index in [2.05, 4.69) is 4.90 Å². The Morgan fingerprint density at radius 1 is 1.33 bits per heavy atom. The highest BCUT2D eigenvalue weighted by Crippen LogP contribution is 2.00. The Bertz CT molecular complexity index is 273. The third-order valence-electron chi connectivity index (χ3n) is 2.59. The Morgan fingerprint density at radius 3 is 2.40 bits per heavy atom. The largest absolute Gasteiger partial charge is 0.379 e. The van der Waals surface area contributed by atoms with Gasteiger partial charge in [-0.3, -0.25) is 4.90 Å². The van der Waals surface area contributed by atoms with Crippen molar-refractivity contribution in [1.29, 1.82) is 0 Å². The standard InChI is InChI=1S/C9H20N2O3S/c1-3-11(15(2,12)13)5-4-10-6-8-14-9-7-10/h3-9H2,1-2H3. The molecule has 0 saturated carbocycles. The molecule has 1 saturated heterocycles. The van der Waals surface area contributed by atoms with Gasteiger partial charge in [-0.2, -0.15) is 0 Å². The molecule has 0 aliphatic carbocycles. The Morgan fingerprint density at radius 2 is 1.93 bits per heavy atom. The molecule has 0 bridgehead atoms. The van der Waals surface area contributed by atoms with Gasteiger partial charge in [-0.25, -0.2) is 12.7 Å². The lowest BCUT2D eigenvalue weighted by Crippen LogP contribution is -2.42. The molecule has 1 aliphatic heterocycles. The summed E-state index contributed by atoms with van der Waals surface area (Å²) in [4.78, 5) is 2.23. The monoisotopic (exact) mass is 236 g/mol. The van der Waals surface area contributed by atoms with Gasteiger partial charge in [-0.1, -0.05) is 6.92 Å². The minimum Gasteiger partial charge on any atom is -0.379 e. The van der Waals surface area contributed by atoms with E-state index in [1.807, 2.05) is 6.92 Å². The van der Waals surface area contributed by atoms with Crippen LogP contribution in [0.3, 0.4) is 0 Å². The summed E-state index contributed by atoms with van der Waals surface area (Å²) in [5.41, 5.74) is 0. The maximum atomic E-state index is 11.3. The van der Waals surface area contributed by atoms with E-state index < -0.39 is 10.0 Å². The van der Waals surface area contributed by atoms with Gasteiger partial charge in [0.2, 0.25) is 10.0 Å². The molecule has 0 unspecified atom stereocenters. The van der Waals surface area contributed by atoms with Gasteiger partial charge in [0.25, 0.3) is 0 Å². The number of rotatable bonds is 5. The Hall–Kier alpha value is -0.170. The molecule has 6 heteroatoms. The summed E-state index contributed by atoms with van der Waals surface area (Å²) in [6.45, 7) is 7.10. The van der Waals surface area contributed by atoms with Gasteiger partial charge < -0.3 is 4.74 Å². The van der Waals surface area contributed by atoms with Crippen LogP contribution >= 0.6 is 0 Å². The lowest BCUT2D eigenvalue weighted by Gasteiger charge is -2.28. The zero-order chi connectivity index (χ0) is 11.3. The molecule has 0 atom stereocenters. The fourth-order valence-electron chi connectivity index (χ4n) is 1.64. The van der Waals surface area contributed by atoms with Gasteiger partial charge in [0.1, 0.15) is 0 Å². The molecule has 0 aromatic heterocycles. The first-order valence-corrected chi connectivity index (χ1v) is 7.14. The summed E-state index contributed by atoms with van der Waals surface area (Å²) in [5, 5.41) is 0. The average molecular weight is 236 g/mol. The van der Waals surface area contributed by atoms with Crippen LogP contribution in [0.15, 0.2) is 0 Å². The molecule has 0 N–H and O–H groups in total. The fraction of sp³-hybridized carbons (Fsp3) is 1.00. The van der Waals surface area contributed by atoms with Gasteiger partial charge in [0, 0.05) is 32.7 Å². The van der Waals surface area contributed by atoms with Gasteiger partial charge in [0.05, 0.1) is 19.5 Å². The Labute approximate surface area is 92.0 Å². The molecule has 1 fully saturated rings. The highest BCUT2D eigenvalue weighted by Gasteiger charge is 2.16. The molecule has 0 spiro atoms. The maximum absolute atomic E-state index is 11.3. The van der Waals surface area contributed by atoms with E-state index in [4.69, 9.17) is 4.74 Å². The zero-order valence-electron chi connectivity index (χ0n) is 9.48. The number of nitrogens with zero attached hydrogens (tertiary/aromatic N) is 2. The van der Waals surface area contributed by atoms with Crippen molar-refractivity contribution < 1.29 is 13.2 Å². The topological polar surface area (TPSA) is 49.9 Å². The molecule has 5 nitrogen and oxygen atoms in total. The molecule has 0 aromatic carbocycles. The van der Waals surface area contributed by atoms with Crippen LogP contribution in [0, 0.1) is 0 Å². The van der Waals surface area contributed by atoms with Crippen molar-refractivity contribution in [2.75, 3.05) is 52.2 Å². The van der Waals surface area contributed by atoms with Crippen LogP contribution in [-0.4, -0.2) is 69.8 Å². The highest BCUT2D eigenvalue weighted by molar-refractivity contribution is 7.88. The maximum Gasteiger partial charge on any atom is 0.211 e. The molecule has 1 rings (SSSR count). The van der Waals surface area contributed by atoms with E-state index in [9.17, 15) is 8.42 Å².